The fraction of sp³-hybridized carbons (Fsp3) is 0.391. The van der Waals surface area contributed by atoms with Gasteiger partial charge in [0.15, 0.2) is 0 Å². The fourth-order valence-electron chi connectivity index (χ4n) is 3.48. The normalized spacial score (nSPS) is 15.1. The molecule has 0 radical (unpaired) electrons. The highest BCUT2D eigenvalue weighted by Gasteiger charge is 2.31. The molecule has 1 aliphatic rings. The number of nitrogens with zero attached hydrogens (tertiary/aromatic N) is 2. The van der Waals surface area contributed by atoms with Crippen LogP contribution >= 0.6 is 11.6 Å². The number of para-hydroxylation sites is 1. The van der Waals surface area contributed by atoms with Gasteiger partial charge in [0, 0.05) is 26.2 Å². The van der Waals surface area contributed by atoms with Crippen LogP contribution in [0.4, 0.5) is 10.5 Å². The summed E-state index contributed by atoms with van der Waals surface area (Å²) in [6, 6.07) is 16.5. The number of halogens is 1. The Morgan fingerprint density at radius 1 is 1.00 bits per heavy atom. The smallest absolute Gasteiger partial charge is 0.408 e. The van der Waals surface area contributed by atoms with Gasteiger partial charge in [0.1, 0.15) is 12.6 Å². The zero-order valence-corrected chi connectivity index (χ0v) is 18.1. The number of anilines is 1. The number of ether oxygens (including phenoxy) is 1. The van der Waals surface area contributed by atoms with Crippen LogP contribution in [0.1, 0.15) is 19.4 Å². The van der Waals surface area contributed by atoms with E-state index >= 15 is 0 Å². The van der Waals surface area contributed by atoms with Crippen molar-refractivity contribution in [2.45, 2.75) is 26.5 Å². The Balaban J connectivity index is 1.54. The second kappa shape index (κ2) is 10.3. The number of hydrogen-bond acceptors (Lipinski definition) is 4. The van der Waals surface area contributed by atoms with Crippen LogP contribution in [0.2, 0.25) is 5.02 Å². The third-order valence-electron chi connectivity index (χ3n) is 5.20. The monoisotopic (exact) mass is 429 g/mol. The standard InChI is InChI=1S/C23H28ClN3O3/c1-17(2)21(25-23(29)30-16-18-8-4-3-5-9-18)22(28)27-14-12-26(13-15-27)20-11-7-6-10-19(20)24/h3-11,17,21H,12-16H2,1-2H3,(H,25,29)/t21-/m0/s1. The topological polar surface area (TPSA) is 61.9 Å². The van der Waals surface area contributed by atoms with Gasteiger partial charge in [-0.25, -0.2) is 4.79 Å². The third kappa shape index (κ3) is 5.66. The van der Waals surface area contributed by atoms with Crippen molar-refractivity contribution in [3.8, 4) is 0 Å². The Bertz CT molecular complexity index is 852. The average molecular weight is 430 g/mol. The molecule has 0 aromatic heterocycles. The van der Waals surface area contributed by atoms with E-state index in [1.54, 1.807) is 4.90 Å². The maximum Gasteiger partial charge on any atom is 0.408 e. The van der Waals surface area contributed by atoms with E-state index in [4.69, 9.17) is 16.3 Å². The van der Waals surface area contributed by atoms with E-state index < -0.39 is 12.1 Å². The van der Waals surface area contributed by atoms with Gasteiger partial charge < -0.3 is 19.9 Å². The molecule has 1 atom stereocenters. The van der Waals surface area contributed by atoms with Gasteiger partial charge in [-0.3, -0.25) is 4.79 Å². The molecule has 2 amide bonds. The number of benzene rings is 2. The molecule has 0 saturated carbocycles. The Kier molecular flexibility index (Phi) is 7.57. The number of carbonyl (C=O) groups excluding carboxylic acids is 2. The van der Waals surface area contributed by atoms with E-state index in [0.29, 0.717) is 31.2 Å². The summed E-state index contributed by atoms with van der Waals surface area (Å²) in [4.78, 5) is 29.3. The van der Waals surface area contributed by atoms with Crippen LogP contribution in [0.15, 0.2) is 54.6 Å². The number of amides is 2. The Hall–Kier alpha value is -2.73. The summed E-state index contributed by atoms with van der Waals surface area (Å²) in [7, 11) is 0. The maximum atomic E-state index is 13.1. The lowest BCUT2D eigenvalue weighted by atomic mass is 10.0. The van der Waals surface area contributed by atoms with Crippen molar-refractivity contribution >= 4 is 29.3 Å². The average Bonchev–Trinajstić information content (AvgIpc) is 2.76. The van der Waals surface area contributed by atoms with Gasteiger partial charge in [-0.15, -0.1) is 0 Å². The molecular weight excluding hydrogens is 402 g/mol. The summed E-state index contributed by atoms with van der Waals surface area (Å²) in [6.07, 6.45) is -0.583. The molecule has 2 aromatic carbocycles. The predicted octanol–water partition coefficient (Wildman–Crippen LogP) is 3.94. The molecule has 0 aliphatic carbocycles. The zero-order valence-electron chi connectivity index (χ0n) is 17.4. The zero-order chi connectivity index (χ0) is 21.5. The Morgan fingerprint density at radius 3 is 2.27 bits per heavy atom. The van der Waals surface area contributed by atoms with E-state index in [2.05, 4.69) is 10.2 Å². The fourth-order valence-corrected chi connectivity index (χ4v) is 3.73. The van der Waals surface area contributed by atoms with Gasteiger partial charge in [-0.1, -0.05) is 67.9 Å². The highest BCUT2D eigenvalue weighted by atomic mass is 35.5. The highest BCUT2D eigenvalue weighted by Crippen LogP contribution is 2.26. The highest BCUT2D eigenvalue weighted by molar-refractivity contribution is 6.33. The van der Waals surface area contributed by atoms with Crippen LogP contribution in [0.25, 0.3) is 0 Å². The van der Waals surface area contributed by atoms with Crippen molar-refractivity contribution in [2.24, 2.45) is 5.92 Å². The molecule has 0 spiro atoms. The van der Waals surface area contributed by atoms with Crippen LogP contribution in [0, 0.1) is 5.92 Å². The van der Waals surface area contributed by atoms with Crippen molar-refractivity contribution in [3.63, 3.8) is 0 Å². The molecule has 2 aromatic rings. The SMILES string of the molecule is CC(C)[C@H](NC(=O)OCc1ccccc1)C(=O)N1CCN(c2ccccc2Cl)CC1. The molecule has 160 valence electrons. The summed E-state index contributed by atoms with van der Waals surface area (Å²) in [6.45, 7) is 6.54. The Morgan fingerprint density at radius 2 is 1.63 bits per heavy atom. The summed E-state index contributed by atoms with van der Waals surface area (Å²) >= 11 is 6.30. The van der Waals surface area contributed by atoms with Gasteiger partial charge in [0.25, 0.3) is 0 Å². The Labute approximate surface area is 182 Å². The van der Waals surface area contributed by atoms with Crippen LogP contribution < -0.4 is 10.2 Å². The molecule has 1 aliphatic heterocycles. The van der Waals surface area contributed by atoms with E-state index in [-0.39, 0.29) is 18.4 Å². The van der Waals surface area contributed by atoms with Gasteiger partial charge >= 0.3 is 6.09 Å². The van der Waals surface area contributed by atoms with Crippen molar-refractivity contribution in [3.05, 3.63) is 65.2 Å². The van der Waals surface area contributed by atoms with E-state index in [0.717, 1.165) is 11.3 Å². The first-order valence-corrected chi connectivity index (χ1v) is 10.6. The van der Waals surface area contributed by atoms with Gasteiger partial charge in [-0.05, 0) is 23.6 Å². The largest absolute Gasteiger partial charge is 0.445 e. The molecule has 1 heterocycles. The lowest BCUT2D eigenvalue weighted by Gasteiger charge is -2.38. The summed E-state index contributed by atoms with van der Waals surface area (Å²) in [5.41, 5.74) is 1.88. The van der Waals surface area contributed by atoms with E-state index in [1.165, 1.54) is 0 Å². The molecular formula is C23H28ClN3O3. The van der Waals surface area contributed by atoms with Gasteiger partial charge in [0.05, 0.1) is 10.7 Å². The minimum absolute atomic E-state index is 0.0524. The number of alkyl carbamates (subject to hydrolysis) is 1. The minimum atomic E-state index is -0.625. The van der Waals surface area contributed by atoms with Crippen molar-refractivity contribution in [2.75, 3.05) is 31.1 Å². The van der Waals surface area contributed by atoms with Crippen molar-refractivity contribution < 1.29 is 14.3 Å². The van der Waals surface area contributed by atoms with Crippen LogP contribution in [0.5, 0.6) is 0 Å². The quantitative estimate of drug-likeness (QED) is 0.755. The first kappa shape index (κ1) is 22.0. The number of piperazine rings is 1. The lowest BCUT2D eigenvalue weighted by molar-refractivity contribution is -0.134. The molecule has 1 fully saturated rings. The summed E-state index contributed by atoms with van der Waals surface area (Å²) < 4.78 is 5.29. The number of nitrogens with one attached hydrogen (secondary N) is 1. The van der Waals surface area contributed by atoms with Gasteiger partial charge in [-0.2, -0.15) is 0 Å². The molecule has 7 heteroatoms. The molecule has 3 rings (SSSR count). The molecule has 6 nitrogen and oxygen atoms in total. The van der Waals surface area contributed by atoms with Crippen molar-refractivity contribution in [1.82, 2.24) is 10.2 Å². The summed E-state index contributed by atoms with van der Waals surface area (Å²) in [5.74, 6) is -0.135. The summed E-state index contributed by atoms with van der Waals surface area (Å²) in [5, 5.41) is 3.46. The second-order valence-electron chi connectivity index (χ2n) is 7.69. The molecule has 30 heavy (non-hydrogen) atoms. The van der Waals surface area contributed by atoms with Crippen LogP contribution in [-0.2, 0) is 16.1 Å². The molecule has 1 N–H and O–H groups in total. The first-order chi connectivity index (χ1) is 14.5. The minimum Gasteiger partial charge on any atom is -0.445 e. The molecule has 0 bridgehead atoms. The molecule has 1 saturated heterocycles. The van der Waals surface area contributed by atoms with Crippen molar-refractivity contribution in [1.29, 1.82) is 0 Å². The van der Waals surface area contributed by atoms with E-state index in [9.17, 15) is 9.59 Å². The number of carbonyl (C=O) groups is 2. The second-order valence-corrected chi connectivity index (χ2v) is 8.10. The third-order valence-corrected chi connectivity index (χ3v) is 5.52. The van der Waals surface area contributed by atoms with Crippen LogP contribution in [-0.4, -0.2) is 49.1 Å². The first-order valence-electron chi connectivity index (χ1n) is 10.2. The number of hydrogen-bond donors (Lipinski definition) is 1. The van der Waals surface area contributed by atoms with Crippen LogP contribution in [0.3, 0.4) is 0 Å². The van der Waals surface area contributed by atoms with Gasteiger partial charge in [0.2, 0.25) is 5.91 Å². The maximum absolute atomic E-state index is 13.1. The molecule has 0 unspecified atom stereocenters. The predicted molar refractivity (Wildman–Crippen MR) is 119 cm³/mol. The van der Waals surface area contributed by atoms with E-state index in [1.807, 2.05) is 68.4 Å². The lowest BCUT2D eigenvalue weighted by Crippen LogP contribution is -2.56. The number of rotatable bonds is 6.